The number of benzene rings is 1. The van der Waals surface area contributed by atoms with Crippen LogP contribution in [0.3, 0.4) is 0 Å². The van der Waals surface area contributed by atoms with Crippen molar-refractivity contribution < 1.29 is 0 Å². The molecule has 1 aromatic carbocycles. The Morgan fingerprint density at radius 3 is 2.53 bits per heavy atom. The summed E-state index contributed by atoms with van der Waals surface area (Å²) in [5.41, 5.74) is 8.45. The van der Waals surface area contributed by atoms with Crippen molar-refractivity contribution in [3.05, 3.63) is 46.8 Å². The molecule has 0 bridgehead atoms. The summed E-state index contributed by atoms with van der Waals surface area (Å²) < 4.78 is 0. The number of hydrogen-bond acceptors (Lipinski definition) is 3. The third-order valence-electron chi connectivity index (χ3n) is 2.24. The molecule has 0 amide bonds. The number of thiophene rings is 1. The summed E-state index contributed by atoms with van der Waals surface area (Å²) in [7, 11) is 0. The lowest BCUT2D eigenvalue weighted by Crippen LogP contribution is -1.95. The van der Waals surface area contributed by atoms with Crippen molar-refractivity contribution in [2.24, 2.45) is 5.73 Å². The lowest BCUT2D eigenvalue weighted by atomic mass is 10.1. The van der Waals surface area contributed by atoms with Gasteiger partial charge in [0.15, 0.2) is 0 Å². The highest BCUT2D eigenvalue weighted by molar-refractivity contribution is 7.13. The smallest absolute Gasteiger partial charge is 0.101 e. The van der Waals surface area contributed by atoms with Gasteiger partial charge in [-0.1, -0.05) is 24.3 Å². The van der Waals surface area contributed by atoms with Crippen molar-refractivity contribution in [3.8, 4) is 16.5 Å². The van der Waals surface area contributed by atoms with E-state index in [1.807, 2.05) is 35.7 Å². The Balaban J connectivity index is 2.42. The van der Waals surface area contributed by atoms with Crippen LogP contribution in [-0.4, -0.2) is 0 Å². The van der Waals surface area contributed by atoms with E-state index in [1.54, 1.807) is 11.3 Å². The fourth-order valence-electron chi connectivity index (χ4n) is 1.41. The second-order valence-corrected chi connectivity index (χ2v) is 4.09. The largest absolute Gasteiger partial charge is 0.326 e. The number of nitriles is 1. The molecule has 0 spiro atoms. The molecular weight excluding hydrogens is 204 g/mol. The number of hydrogen-bond donors (Lipinski definition) is 1. The van der Waals surface area contributed by atoms with Crippen LogP contribution in [0.25, 0.3) is 10.4 Å². The van der Waals surface area contributed by atoms with Gasteiger partial charge in [0.05, 0.1) is 10.4 Å². The van der Waals surface area contributed by atoms with Crippen molar-refractivity contribution in [2.45, 2.75) is 6.54 Å². The van der Waals surface area contributed by atoms with Gasteiger partial charge < -0.3 is 5.73 Å². The van der Waals surface area contributed by atoms with Crippen molar-refractivity contribution in [1.29, 1.82) is 5.26 Å². The molecule has 1 heterocycles. The molecule has 2 N–H and O–H groups in total. The molecule has 0 atom stereocenters. The number of nitrogens with two attached hydrogens (primary N) is 1. The molecule has 0 aliphatic rings. The van der Waals surface area contributed by atoms with Gasteiger partial charge in [0.1, 0.15) is 6.07 Å². The van der Waals surface area contributed by atoms with E-state index in [2.05, 4.69) is 6.07 Å². The van der Waals surface area contributed by atoms with Crippen LogP contribution in [0.15, 0.2) is 35.7 Å². The molecular formula is C12H10N2S. The highest BCUT2D eigenvalue weighted by Gasteiger charge is 2.05. The van der Waals surface area contributed by atoms with E-state index in [1.165, 1.54) is 0 Å². The molecule has 15 heavy (non-hydrogen) atoms. The van der Waals surface area contributed by atoms with E-state index in [9.17, 15) is 0 Å². The molecule has 0 radical (unpaired) electrons. The van der Waals surface area contributed by atoms with Gasteiger partial charge in [-0.25, -0.2) is 0 Å². The first kappa shape index (κ1) is 9.91. The monoisotopic (exact) mass is 214 g/mol. The Kier molecular flexibility index (Phi) is 2.82. The Morgan fingerprint density at radius 1 is 1.20 bits per heavy atom. The van der Waals surface area contributed by atoms with Crippen molar-refractivity contribution in [2.75, 3.05) is 0 Å². The van der Waals surface area contributed by atoms with Gasteiger partial charge in [0.2, 0.25) is 0 Å². The van der Waals surface area contributed by atoms with Crippen molar-refractivity contribution in [1.82, 2.24) is 0 Å². The molecule has 1 aromatic heterocycles. The zero-order valence-electron chi connectivity index (χ0n) is 8.10. The van der Waals surface area contributed by atoms with Crippen molar-refractivity contribution >= 4 is 11.3 Å². The van der Waals surface area contributed by atoms with E-state index >= 15 is 0 Å². The average molecular weight is 214 g/mol. The molecule has 0 fully saturated rings. The van der Waals surface area contributed by atoms with Gasteiger partial charge in [-0.2, -0.15) is 5.26 Å². The molecule has 2 aromatic rings. The minimum Gasteiger partial charge on any atom is -0.326 e. The second-order valence-electron chi connectivity index (χ2n) is 3.18. The molecule has 2 nitrogen and oxygen atoms in total. The summed E-state index contributed by atoms with van der Waals surface area (Å²) >= 11 is 1.59. The predicted molar refractivity (Wildman–Crippen MR) is 62.4 cm³/mol. The van der Waals surface area contributed by atoms with Crippen LogP contribution in [0, 0.1) is 11.3 Å². The maximum absolute atomic E-state index is 8.91. The molecule has 2 rings (SSSR count). The third-order valence-corrected chi connectivity index (χ3v) is 3.20. The van der Waals surface area contributed by atoms with Crippen LogP contribution < -0.4 is 5.73 Å². The van der Waals surface area contributed by atoms with Crippen LogP contribution in [0.4, 0.5) is 0 Å². The Bertz CT molecular complexity index is 491. The number of nitrogens with zero attached hydrogens (tertiary/aromatic N) is 1. The van der Waals surface area contributed by atoms with Gasteiger partial charge in [0.25, 0.3) is 0 Å². The molecule has 0 aliphatic carbocycles. The first-order valence-corrected chi connectivity index (χ1v) is 5.50. The predicted octanol–water partition coefficient (Wildman–Crippen LogP) is 2.75. The molecule has 3 heteroatoms. The Morgan fingerprint density at radius 2 is 1.93 bits per heavy atom. The lowest BCUT2D eigenvalue weighted by Gasteiger charge is -2.00. The zero-order chi connectivity index (χ0) is 10.7. The maximum Gasteiger partial charge on any atom is 0.101 e. The molecule has 0 saturated heterocycles. The van der Waals surface area contributed by atoms with Gasteiger partial charge in [-0.05, 0) is 22.6 Å². The first-order chi connectivity index (χ1) is 7.35. The minimum atomic E-state index is 0.551. The van der Waals surface area contributed by atoms with Crippen LogP contribution in [0.1, 0.15) is 11.1 Å². The van der Waals surface area contributed by atoms with E-state index < -0.39 is 0 Å². The van der Waals surface area contributed by atoms with Crippen molar-refractivity contribution in [3.63, 3.8) is 0 Å². The molecule has 0 unspecified atom stereocenters. The number of rotatable bonds is 2. The highest BCUT2D eigenvalue weighted by atomic mass is 32.1. The normalized spacial score (nSPS) is 9.87. The quantitative estimate of drug-likeness (QED) is 0.835. The van der Waals surface area contributed by atoms with E-state index in [0.717, 1.165) is 21.6 Å². The summed E-state index contributed by atoms with van der Waals surface area (Å²) in [6, 6.07) is 12.0. The van der Waals surface area contributed by atoms with Gasteiger partial charge in [-0.15, -0.1) is 11.3 Å². The topological polar surface area (TPSA) is 49.8 Å². The van der Waals surface area contributed by atoms with Crippen LogP contribution >= 0.6 is 11.3 Å². The highest BCUT2D eigenvalue weighted by Crippen LogP contribution is 2.29. The van der Waals surface area contributed by atoms with Gasteiger partial charge in [0, 0.05) is 6.54 Å². The first-order valence-electron chi connectivity index (χ1n) is 4.62. The molecule has 0 saturated carbocycles. The summed E-state index contributed by atoms with van der Waals surface area (Å²) in [5.74, 6) is 0. The van der Waals surface area contributed by atoms with Gasteiger partial charge in [-0.3, -0.25) is 0 Å². The summed E-state index contributed by atoms with van der Waals surface area (Å²) in [6.07, 6.45) is 0. The summed E-state index contributed by atoms with van der Waals surface area (Å²) in [4.78, 5) is 1.03. The molecule has 0 aliphatic heterocycles. The third kappa shape index (κ3) is 1.91. The fraction of sp³-hybridized carbons (Fsp3) is 0.0833. The van der Waals surface area contributed by atoms with Gasteiger partial charge >= 0.3 is 0 Å². The van der Waals surface area contributed by atoms with Crippen LogP contribution in [0.2, 0.25) is 0 Å². The average Bonchev–Trinajstić information content (AvgIpc) is 2.77. The zero-order valence-corrected chi connectivity index (χ0v) is 8.92. The van der Waals surface area contributed by atoms with E-state index in [-0.39, 0.29) is 0 Å². The Hall–Kier alpha value is -1.63. The van der Waals surface area contributed by atoms with E-state index in [4.69, 9.17) is 11.0 Å². The summed E-state index contributed by atoms with van der Waals surface area (Å²) in [5, 5.41) is 10.8. The fourth-order valence-corrected chi connectivity index (χ4v) is 2.27. The standard InChI is InChI=1S/C12H10N2S/c13-7-9-1-3-10(4-2-9)12-11(8-14)5-6-15-12/h1-6H,7,13H2. The SMILES string of the molecule is N#Cc1ccsc1-c1ccc(CN)cc1. The molecule has 74 valence electrons. The minimum absolute atomic E-state index is 0.551. The van der Waals surface area contributed by atoms with Crippen LogP contribution in [-0.2, 0) is 6.54 Å². The van der Waals surface area contributed by atoms with Crippen LogP contribution in [0.5, 0.6) is 0 Å². The Labute approximate surface area is 92.6 Å². The summed E-state index contributed by atoms with van der Waals surface area (Å²) in [6.45, 7) is 0.551. The second kappa shape index (κ2) is 4.26. The van der Waals surface area contributed by atoms with E-state index in [0.29, 0.717) is 6.54 Å². The lowest BCUT2D eigenvalue weighted by molar-refractivity contribution is 1.07. The maximum atomic E-state index is 8.91.